The molecule has 3 aromatic carbocycles. The van der Waals surface area contributed by atoms with Gasteiger partial charge in [0.05, 0.1) is 17.7 Å². The molecule has 0 aliphatic heterocycles. The van der Waals surface area contributed by atoms with Gasteiger partial charge >= 0.3 is 0 Å². The highest BCUT2D eigenvalue weighted by atomic mass is 32.2. The molecule has 208 valence electrons. The largest absolute Gasteiger partial charge is 0.497 e. The van der Waals surface area contributed by atoms with Crippen molar-refractivity contribution in [1.82, 2.24) is 10.2 Å². The molecule has 2 amide bonds. The van der Waals surface area contributed by atoms with E-state index in [4.69, 9.17) is 4.74 Å². The van der Waals surface area contributed by atoms with Crippen LogP contribution >= 0.6 is 0 Å². The molecular formula is C29H34FN3O5S. The van der Waals surface area contributed by atoms with Gasteiger partial charge in [0.1, 0.15) is 24.2 Å². The number of nitrogens with one attached hydrogen (secondary N) is 1. The van der Waals surface area contributed by atoms with Crippen LogP contribution < -0.4 is 14.4 Å². The van der Waals surface area contributed by atoms with Crippen LogP contribution in [0.25, 0.3) is 0 Å². The number of hydrogen-bond donors (Lipinski definition) is 1. The van der Waals surface area contributed by atoms with E-state index in [2.05, 4.69) is 5.32 Å². The second-order valence-electron chi connectivity index (χ2n) is 9.16. The molecule has 0 aliphatic rings. The van der Waals surface area contributed by atoms with Crippen molar-refractivity contribution < 1.29 is 27.1 Å². The van der Waals surface area contributed by atoms with Crippen molar-refractivity contribution in [3.05, 3.63) is 90.2 Å². The van der Waals surface area contributed by atoms with Gasteiger partial charge in [-0.3, -0.25) is 13.9 Å². The molecule has 2 atom stereocenters. The molecule has 0 bridgehead atoms. The van der Waals surface area contributed by atoms with E-state index in [9.17, 15) is 22.4 Å². The third-order valence-corrected chi connectivity index (χ3v) is 8.19. The molecule has 3 aromatic rings. The van der Waals surface area contributed by atoms with Gasteiger partial charge in [-0.2, -0.15) is 0 Å². The fourth-order valence-electron chi connectivity index (χ4n) is 3.83. The zero-order chi connectivity index (χ0) is 28.6. The molecule has 0 spiro atoms. The lowest BCUT2D eigenvalue weighted by Gasteiger charge is -2.32. The predicted octanol–water partition coefficient (Wildman–Crippen LogP) is 4.36. The van der Waals surface area contributed by atoms with Gasteiger partial charge in [0.15, 0.2) is 0 Å². The molecule has 0 heterocycles. The fraction of sp³-hybridized carbons (Fsp3) is 0.310. The molecule has 3 rings (SSSR count). The van der Waals surface area contributed by atoms with Gasteiger partial charge in [-0.1, -0.05) is 37.3 Å². The number of amides is 2. The highest BCUT2D eigenvalue weighted by Gasteiger charge is 2.32. The average molecular weight is 556 g/mol. The van der Waals surface area contributed by atoms with Crippen molar-refractivity contribution in [2.45, 2.75) is 50.7 Å². The summed E-state index contributed by atoms with van der Waals surface area (Å²) in [4.78, 5) is 28.2. The normalized spacial score (nSPS) is 12.7. The Kier molecular flexibility index (Phi) is 10.1. The van der Waals surface area contributed by atoms with E-state index in [0.29, 0.717) is 17.7 Å². The molecule has 0 saturated carbocycles. The third kappa shape index (κ3) is 7.57. The van der Waals surface area contributed by atoms with Gasteiger partial charge < -0.3 is 15.0 Å². The number of benzene rings is 3. The topological polar surface area (TPSA) is 96.0 Å². The summed E-state index contributed by atoms with van der Waals surface area (Å²) in [6.07, 6.45) is 0.699. The number of halogens is 1. The van der Waals surface area contributed by atoms with Crippen molar-refractivity contribution >= 4 is 27.5 Å². The molecule has 8 nitrogen and oxygen atoms in total. The van der Waals surface area contributed by atoms with Crippen LogP contribution in [0, 0.1) is 5.82 Å². The second kappa shape index (κ2) is 13.2. The van der Waals surface area contributed by atoms with E-state index in [1.54, 1.807) is 49.4 Å². The zero-order valence-electron chi connectivity index (χ0n) is 22.5. The second-order valence-corrected chi connectivity index (χ2v) is 11.0. The maximum atomic E-state index is 13.8. The number of anilines is 1. The Morgan fingerprint density at radius 2 is 1.56 bits per heavy atom. The van der Waals surface area contributed by atoms with Crippen LogP contribution in [0.4, 0.5) is 10.1 Å². The van der Waals surface area contributed by atoms with E-state index in [1.807, 2.05) is 13.8 Å². The van der Waals surface area contributed by atoms with Crippen molar-refractivity contribution in [1.29, 1.82) is 0 Å². The van der Waals surface area contributed by atoms with E-state index >= 15 is 0 Å². The van der Waals surface area contributed by atoms with Crippen LogP contribution in [0.2, 0.25) is 0 Å². The highest BCUT2D eigenvalue weighted by molar-refractivity contribution is 7.92. The van der Waals surface area contributed by atoms with Crippen LogP contribution in [-0.4, -0.2) is 50.9 Å². The maximum Gasteiger partial charge on any atom is 0.264 e. The van der Waals surface area contributed by atoms with E-state index in [0.717, 1.165) is 4.31 Å². The monoisotopic (exact) mass is 555 g/mol. The van der Waals surface area contributed by atoms with E-state index in [-0.39, 0.29) is 29.1 Å². The van der Waals surface area contributed by atoms with Gasteiger partial charge in [0.2, 0.25) is 11.8 Å². The highest BCUT2D eigenvalue weighted by Crippen LogP contribution is 2.26. The predicted molar refractivity (Wildman–Crippen MR) is 148 cm³/mol. The Morgan fingerprint density at radius 3 is 2.13 bits per heavy atom. The first kappa shape index (κ1) is 29.6. The van der Waals surface area contributed by atoms with E-state index < -0.39 is 34.3 Å². The molecule has 0 aliphatic carbocycles. The van der Waals surface area contributed by atoms with Crippen LogP contribution in [-0.2, 0) is 26.2 Å². The Bertz CT molecular complexity index is 1350. The summed E-state index contributed by atoms with van der Waals surface area (Å²) < 4.78 is 47.2. The van der Waals surface area contributed by atoms with Gasteiger partial charge in [0, 0.05) is 12.6 Å². The summed E-state index contributed by atoms with van der Waals surface area (Å²) in [5.41, 5.74) is 0.848. The number of rotatable bonds is 12. The minimum Gasteiger partial charge on any atom is -0.497 e. The average Bonchev–Trinajstić information content (AvgIpc) is 2.95. The Hall–Kier alpha value is -3.92. The van der Waals surface area contributed by atoms with Crippen LogP contribution in [0.1, 0.15) is 32.8 Å². The minimum absolute atomic E-state index is 0.0151. The molecule has 0 saturated heterocycles. The molecule has 0 aromatic heterocycles. The number of hydrogen-bond acceptors (Lipinski definition) is 5. The smallest absolute Gasteiger partial charge is 0.264 e. The lowest BCUT2D eigenvalue weighted by Crippen LogP contribution is -2.52. The van der Waals surface area contributed by atoms with Crippen LogP contribution in [0.3, 0.4) is 0 Å². The number of methoxy groups -OCH3 is 1. The SMILES string of the molecule is CC[C@@H](C)NC(=O)[C@@H](C)N(Cc1ccc(F)cc1)C(=O)CN(c1ccc(OC)cc1)S(=O)(=O)c1ccccc1. The first-order valence-electron chi connectivity index (χ1n) is 12.6. The molecule has 0 unspecified atom stereocenters. The molecular weight excluding hydrogens is 521 g/mol. The van der Waals surface area contributed by atoms with Crippen LogP contribution in [0.15, 0.2) is 83.8 Å². The van der Waals surface area contributed by atoms with Gasteiger partial charge in [-0.05, 0) is 74.4 Å². The number of ether oxygens (including phenoxy) is 1. The standard InChI is InChI=1S/C29H34FN3O5S/c1-5-21(2)31-29(35)22(3)32(19-23-11-13-24(30)14-12-23)28(34)20-33(25-15-17-26(38-4)18-16-25)39(36,37)27-9-7-6-8-10-27/h6-18,21-22H,5,19-20H2,1-4H3,(H,31,35)/t21-,22-/m1/s1. The maximum absolute atomic E-state index is 13.8. The van der Waals surface area contributed by atoms with E-state index in [1.165, 1.54) is 48.4 Å². The number of nitrogens with zero attached hydrogens (tertiary/aromatic N) is 2. The summed E-state index contributed by atoms with van der Waals surface area (Å²) >= 11 is 0. The van der Waals surface area contributed by atoms with Gasteiger partial charge in [0.25, 0.3) is 10.0 Å². The molecule has 0 radical (unpaired) electrons. The van der Waals surface area contributed by atoms with Crippen LogP contribution in [0.5, 0.6) is 5.75 Å². The lowest BCUT2D eigenvalue weighted by molar-refractivity contribution is -0.139. The Labute approximate surface area is 229 Å². The molecule has 1 N–H and O–H groups in total. The quantitative estimate of drug-likeness (QED) is 0.358. The first-order chi connectivity index (χ1) is 18.6. The summed E-state index contributed by atoms with van der Waals surface area (Å²) in [6, 6.07) is 18.7. The zero-order valence-corrected chi connectivity index (χ0v) is 23.3. The summed E-state index contributed by atoms with van der Waals surface area (Å²) in [6.45, 7) is 4.79. The lowest BCUT2D eigenvalue weighted by atomic mass is 10.1. The van der Waals surface area contributed by atoms with Crippen molar-refractivity contribution in [2.24, 2.45) is 0 Å². The molecule has 39 heavy (non-hydrogen) atoms. The van der Waals surface area contributed by atoms with Crippen molar-refractivity contribution in [3.8, 4) is 5.75 Å². The van der Waals surface area contributed by atoms with Gasteiger partial charge in [-0.25, -0.2) is 12.8 Å². The van der Waals surface area contributed by atoms with Crippen molar-refractivity contribution in [2.75, 3.05) is 18.0 Å². The summed E-state index contributed by atoms with van der Waals surface area (Å²) in [7, 11) is -2.66. The van der Waals surface area contributed by atoms with Crippen molar-refractivity contribution in [3.63, 3.8) is 0 Å². The first-order valence-corrected chi connectivity index (χ1v) is 14.1. The molecule has 10 heteroatoms. The number of sulfonamides is 1. The Morgan fingerprint density at radius 1 is 0.949 bits per heavy atom. The number of carbonyl (C=O) groups excluding carboxylic acids is 2. The minimum atomic E-state index is -4.15. The van der Waals surface area contributed by atoms with Gasteiger partial charge in [-0.15, -0.1) is 0 Å². The molecule has 0 fully saturated rings. The third-order valence-electron chi connectivity index (χ3n) is 6.40. The fourth-order valence-corrected chi connectivity index (χ4v) is 5.27. The Balaban J connectivity index is 2.01. The summed E-state index contributed by atoms with van der Waals surface area (Å²) in [5, 5.41) is 2.87. The number of carbonyl (C=O) groups is 2. The summed E-state index contributed by atoms with van der Waals surface area (Å²) in [5.74, 6) is -0.877.